The summed E-state index contributed by atoms with van der Waals surface area (Å²) in [6, 6.07) is 8.35. The predicted octanol–water partition coefficient (Wildman–Crippen LogP) is 3.40. The lowest BCUT2D eigenvalue weighted by Crippen LogP contribution is -2.09. The first-order valence-electron chi connectivity index (χ1n) is 5.25. The molecule has 0 aliphatic rings. The Morgan fingerprint density at radius 2 is 2.06 bits per heavy atom. The van der Waals surface area contributed by atoms with Gasteiger partial charge in [-0.05, 0) is 29.8 Å². The minimum Gasteiger partial charge on any atom is -0.397 e. The Kier molecular flexibility index (Phi) is 3.84. The van der Waals surface area contributed by atoms with Crippen LogP contribution in [0.25, 0.3) is 0 Å². The average molecular weight is 281 g/mol. The fourth-order valence-electron chi connectivity index (χ4n) is 1.57. The molecule has 0 unspecified atom stereocenters. The number of hydrogen-bond acceptors (Lipinski definition) is 3. The Morgan fingerprint density at radius 3 is 2.72 bits per heavy atom. The third-order valence-electron chi connectivity index (χ3n) is 2.47. The first-order valence-corrected chi connectivity index (χ1v) is 6.01. The van der Waals surface area contributed by atoms with Gasteiger partial charge in [0.15, 0.2) is 5.78 Å². The van der Waals surface area contributed by atoms with Crippen molar-refractivity contribution < 1.29 is 4.79 Å². The fraction of sp³-hybridized carbons (Fsp3) is 0.0769. The lowest BCUT2D eigenvalue weighted by Gasteiger charge is -2.05. The number of aromatic nitrogens is 1. The maximum atomic E-state index is 12.0. The first-order chi connectivity index (χ1) is 8.58. The average Bonchev–Trinajstić information content (AvgIpc) is 2.33. The van der Waals surface area contributed by atoms with Gasteiger partial charge in [0.05, 0.1) is 5.69 Å². The summed E-state index contributed by atoms with van der Waals surface area (Å²) in [7, 11) is 0. The van der Waals surface area contributed by atoms with Crippen molar-refractivity contribution in [3.05, 3.63) is 57.8 Å². The molecule has 0 atom stereocenters. The van der Waals surface area contributed by atoms with Crippen molar-refractivity contribution in [2.45, 2.75) is 6.42 Å². The van der Waals surface area contributed by atoms with E-state index in [1.54, 1.807) is 30.3 Å². The Hall–Kier alpha value is -1.58. The van der Waals surface area contributed by atoms with E-state index < -0.39 is 0 Å². The summed E-state index contributed by atoms with van der Waals surface area (Å²) < 4.78 is 0. The summed E-state index contributed by atoms with van der Waals surface area (Å²) in [6.07, 6.45) is 1.68. The standard InChI is InChI=1S/C13H10Cl2N2O/c14-9-4-3-8(10(15)7-9)6-12(18)13-11(16)2-1-5-17-13/h1-5,7H,6,16H2. The zero-order valence-corrected chi connectivity index (χ0v) is 10.9. The van der Waals surface area contributed by atoms with Crippen molar-refractivity contribution in [3.8, 4) is 0 Å². The first kappa shape index (κ1) is 12.9. The minimum atomic E-state index is -0.169. The van der Waals surface area contributed by atoms with Crippen LogP contribution in [0, 0.1) is 0 Å². The largest absolute Gasteiger partial charge is 0.397 e. The topological polar surface area (TPSA) is 56.0 Å². The normalized spacial score (nSPS) is 10.3. The van der Waals surface area contributed by atoms with E-state index in [9.17, 15) is 4.79 Å². The molecule has 2 N–H and O–H groups in total. The summed E-state index contributed by atoms with van der Waals surface area (Å²) in [4.78, 5) is 16.0. The van der Waals surface area contributed by atoms with Crippen LogP contribution < -0.4 is 5.73 Å². The number of nitrogen functional groups attached to an aromatic ring is 1. The summed E-state index contributed by atoms with van der Waals surface area (Å²) in [5.41, 5.74) is 7.04. The van der Waals surface area contributed by atoms with E-state index in [4.69, 9.17) is 28.9 Å². The maximum Gasteiger partial charge on any atom is 0.187 e. The Labute approximate surface area is 115 Å². The number of hydrogen-bond donors (Lipinski definition) is 1. The molecule has 5 heteroatoms. The number of carbonyl (C=O) groups excluding carboxylic acids is 1. The highest BCUT2D eigenvalue weighted by Gasteiger charge is 2.13. The molecular formula is C13H10Cl2N2O. The quantitative estimate of drug-likeness (QED) is 0.877. The van der Waals surface area contributed by atoms with Crippen LogP contribution in [0.4, 0.5) is 5.69 Å². The van der Waals surface area contributed by atoms with Gasteiger partial charge in [0.1, 0.15) is 5.69 Å². The van der Waals surface area contributed by atoms with Crippen molar-refractivity contribution in [2.75, 3.05) is 5.73 Å². The predicted molar refractivity (Wildman–Crippen MR) is 73.1 cm³/mol. The number of benzene rings is 1. The van der Waals surface area contributed by atoms with E-state index >= 15 is 0 Å². The van der Waals surface area contributed by atoms with Gasteiger partial charge in [-0.1, -0.05) is 29.3 Å². The van der Waals surface area contributed by atoms with Crippen LogP contribution in [0.2, 0.25) is 10.0 Å². The van der Waals surface area contributed by atoms with Crippen molar-refractivity contribution >= 4 is 34.7 Å². The van der Waals surface area contributed by atoms with Crippen LogP contribution in [-0.4, -0.2) is 10.8 Å². The fourth-order valence-corrected chi connectivity index (χ4v) is 2.05. The van der Waals surface area contributed by atoms with E-state index in [0.717, 1.165) is 0 Å². The monoisotopic (exact) mass is 280 g/mol. The molecule has 3 nitrogen and oxygen atoms in total. The van der Waals surface area contributed by atoms with Crippen molar-refractivity contribution in [3.63, 3.8) is 0 Å². The third kappa shape index (κ3) is 2.81. The highest BCUT2D eigenvalue weighted by molar-refractivity contribution is 6.35. The number of carbonyl (C=O) groups is 1. The summed E-state index contributed by atoms with van der Waals surface area (Å²) in [5.74, 6) is -0.169. The van der Waals surface area contributed by atoms with Crippen LogP contribution in [0.1, 0.15) is 16.1 Å². The second-order valence-electron chi connectivity index (χ2n) is 3.78. The van der Waals surface area contributed by atoms with Gasteiger partial charge < -0.3 is 5.73 Å². The van der Waals surface area contributed by atoms with Crippen LogP contribution >= 0.6 is 23.2 Å². The molecule has 0 saturated heterocycles. The number of nitrogens with two attached hydrogens (primary N) is 1. The van der Waals surface area contributed by atoms with E-state index in [2.05, 4.69) is 4.98 Å². The molecule has 0 aliphatic carbocycles. The molecule has 0 spiro atoms. The van der Waals surface area contributed by atoms with E-state index in [1.165, 1.54) is 6.20 Å². The summed E-state index contributed by atoms with van der Waals surface area (Å²) in [6.45, 7) is 0. The number of pyridine rings is 1. The van der Waals surface area contributed by atoms with Gasteiger partial charge in [-0.25, -0.2) is 0 Å². The van der Waals surface area contributed by atoms with Gasteiger partial charge in [-0.3, -0.25) is 9.78 Å². The second-order valence-corrected chi connectivity index (χ2v) is 4.62. The van der Waals surface area contributed by atoms with Crippen LogP contribution in [0.3, 0.4) is 0 Å². The Bertz CT molecular complexity index is 599. The van der Waals surface area contributed by atoms with Gasteiger partial charge in [0.25, 0.3) is 0 Å². The molecule has 1 aromatic carbocycles. The molecule has 0 saturated carbocycles. The molecule has 92 valence electrons. The van der Waals surface area contributed by atoms with E-state index in [1.807, 2.05) is 0 Å². The molecule has 2 rings (SSSR count). The number of anilines is 1. The summed E-state index contributed by atoms with van der Waals surface area (Å²) in [5, 5.41) is 0.999. The zero-order chi connectivity index (χ0) is 13.1. The third-order valence-corrected chi connectivity index (χ3v) is 3.06. The maximum absolute atomic E-state index is 12.0. The van der Waals surface area contributed by atoms with Gasteiger partial charge in [-0.15, -0.1) is 0 Å². The highest BCUT2D eigenvalue weighted by Crippen LogP contribution is 2.22. The number of Topliss-reactive ketones (excluding diaryl/α,β-unsaturated/α-hetero) is 1. The summed E-state index contributed by atoms with van der Waals surface area (Å²) >= 11 is 11.8. The van der Waals surface area contributed by atoms with Crippen LogP contribution in [0.5, 0.6) is 0 Å². The van der Waals surface area contributed by atoms with Crippen LogP contribution in [0.15, 0.2) is 36.5 Å². The molecule has 2 aromatic rings. The molecule has 0 radical (unpaired) electrons. The molecule has 0 amide bonds. The second kappa shape index (κ2) is 5.38. The van der Waals surface area contributed by atoms with Crippen molar-refractivity contribution in [1.29, 1.82) is 0 Å². The highest BCUT2D eigenvalue weighted by atomic mass is 35.5. The number of halogens is 2. The Balaban J connectivity index is 2.24. The SMILES string of the molecule is Nc1cccnc1C(=O)Cc1ccc(Cl)cc1Cl. The lowest BCUT2D eigenvalue weighted by atomic mass is 10.1. The Morgan fingerprint density at radius 1 is 1.28 bits per heavy atom. The molecule has 1 aromatic heterocycles. The van der Waals surface area contributed by atoms with Gasteiger partial charge in [0.2, 0.25) is 0 Å². The molecule has 0 fully saturated rings. The molecule has 0 aliphatic heterocycles. The molecule has 18 heavy (non-hydrogen) atoms. The smallest absolute Gasteiger partial charge is 0.187 e. The molecular weight excluding hydrogens is 271 g/mol. The number of nitrogens with zero attached hydrogens (tertiary/aromatic N) is 1. The van der Waals surface area contributed by atoms with E-state index in [0.29, 0.717) is 21.3 Å². The van der Waals surface area contributed by atoms with Crippen LogP contribution in [-0.2, 0) is 6.42 Å². The molecule has 1 heterocycles. The van der Waals surface area contributed by atoms with Gasteiger partial charge in [0, 0.05) is 22.7 Å². The lowest BCUT2D eigenvalue weighted by molar-refractivity contribution is 0.0989. The minimum absolute atomic E-state index is 0.150. The zero-order valence-electron chi connectivity index (χ0n) is 9.36. The van der Waals surface area contributed by atoms with Crippen molar-refractivity contribution in [1.82, 2.24) is 4.98 Å². The number of ketones is 1. The van der Waals surface area contributed by atoms with Gasteiger partial charge >= 0.3 is 0 Å². The van der Waals surface area contributed by atoms with Gasteiger partial charge in [-0.2, -0.15) is 0 Å². The molecule has 0 bridgehead atoms. The van der Waals surface area contributed by atoms with Crippen molar-refractivity contribution in [2.24, 2.45) is 0 Å². The van der Waals surface area contributed by atoms with E-state index in [-0.39, 0.29) is 17.9 Å². The number of rotatable bonds is 3.